The molecular formula is C63H108O6. The van der Waals surface area contributed by atoms with E-state index in [0.29, 0.717) is 19.3 Å². The number of rotatable bonds is 52. The lowest BCUT2D eigenvalue weighted by Gasteiger charge is -2.18. The normalized spacial score (nSPS) is 12.7. The van der Waals surface area contributed by atoms with Crippen molar-refractivity contribution in [2.45, 2.75) is 284 Å². The van der Waals surface area contributed by atoms with Crippen molar-refractivity contribution in [2.75, 3.05) is 13.2 Å². The Hall–Kier alpha value is -3.41. The van der Waals surface area contributed by atoms with E-state index in [0.717, 1.165) is 77.0 Å². The minimum atomic E-state index is -0.803. The molecule has 0 amide bonds. The van der Waals surface area contributed by atoms with Gasteiger partial charge in [-0.2, -0.15) is 0 Å². The van der Waals surface area contributed by atoms with Gasteiger partial charge in [0.05, 0.1) is 0 Å². The number of esters is 3. The molecule has 396 valence electrons. The average molecular weight is 962 g/mol. The van der Waals surface area contributed by atoms with E-state index in [-0.39, 0.29) is 37.5 Å². The first kappa shape index (κ1) is 65.6. The highest BCUT2D eigenvalue weighted by molar-refractivity contribution is 5.71. The molecule has 0 N–H and O–H groups in total. The maximum absolute atomic E-state index is 12.9. The Morgan fingerprint density at radius 3 is 0.971 bits per heavy atom. The fourth-order valence-corrected chi connectivity index (χ4v) is 8.00. The lowest BCUT2D eigenvalue weighted by Crippen LogP contribution is -2.30. The number of carbonyl (C=O) groups is 3. The molecule has 1 atom stereocenters. The van der Waals surface area contributed by atoms with Crippen molar-refractivity contribution in [1.82, 2.24) is 0 Å². The zero-order valence-corrected chi connectivity index (χ0v) is 45.3. The molecule has 0 heterocycles. The molecule has 0 saturated heterocycles. The Morgan fingerprint density at radius 2 is 0.580 bits per heavy atom. The first-order valence-corrected chi connectivity index (χ1v) is 29.1. The Balaban J connectivity index is 4.46. The Kier molecular flexibility index (Phi) is 54.3. The largest absolute Gasteiger partial charge is 0.462 e. The van der Waals surface area contributed by atoms with Crippen molar-refractivity contribution >= 4 is 17.9 Å². The number of carbonyl (C=O) groups excluding carboxylic acids is 3. The van der Waals surface area contributed by atoms with E-state index in [9.17, 15) is 14.4 Å². The number of hydrogen-bond donors (Lipinski definition) is 0. The van der Waals surface area contributed by atoms with E-state index in [4.69, 9.17) is 14.2 Å². The SMILES string of the molecule is CC/C=C\C/C=C\C/C=C\C/C=C\C/C=C\CCCC(=O)OC[C@H](COC(=O)CCCCCCCCC/C=C\CCCCCC)OC(=O)CCCCCCCCCCC/C=C\CCCCCCCC. The second kappa shape index (κ2) is 57.2. The highest BCUT2D eigenvalue weighted by atomic mass is 16.6. The first-order chi connectivity index (χ1) is 34.0. The van der Waals surface area contributed by atoms with Gasteiger partial charge >= 0.3 is 17.9 Å². The van der Waals surface area contributed by atoms with Crippen LogP contribution in [0, 0.1) is 0 Å². The van der Waals surface area contributed by atoms with E-state index in [1.165, 1.54) is 154 Å². The number of unbranched alkanes of at least 4 members (excludes halogenated alkanes) is 27. The third kappa shape index (κ3) is 55.4. The highest BCUT2D eigenvalue weighted by Crippen LogP contribution is 2.15. The quantitative estimate of drug-likeness (QED) is 0.0262. The van der Waals surface area contributed by atoms with Crippen LogP contribution in [0.5, 0.6) is 0 Å². The van der Waals surface area contributed by atoms with Crippen molar-refractivity contribution in [3.8, 4) is 0 Å². The standard InChI is InChI=1S/C63H108O6/c1-4-7-10-13-16-19-22-25-28-30-31-33-36-39-42-45-48-51-54-57-63(66)69-60(58-67-61(64)55-52-49-46-43-40-37-34-27-24-21-18-15-12-9-6-3)59-68-62(65)56-53-50-47-44-41-38-35-32-29-26-23-20-17-14-11-8-5-2/h8,11,17,20-21,24-26,28-29,35,38,44,47,60H,4-7,9-10,12-16,18-19,22-23,27,30-34,36-37,39-43,45-46,48-59H2,1-3H3/b11-8-,20-17-,24-21-,28-25-,29-26-,38-35-,47-44-/t60-/m0/s1. The van der Waals surface area contributed by atoms with Crippen LogP contribution < -0.4 is 0 Å². The lowest BCUT2D eigenvalue weighted by molar-refractivity contribution is -0.167. The van der Waals surface area contributed by atoms with Crippen molar-refractivity contribution in [3.63, 3.8) is 0 Å². The zero-order chi connectivity index (χ0) is 50.0. The third-order valence-corrected chi connectivity index (χ3v) is 12.4. The fraction of sp³-hybridized carbons (Fsp3) is 0.730. The van der Waals surface area contributed by atoms with Crippen LogP contribution in [0.2, 0.25) is 0 Å². The molecule has 6 nitrogen and oxygen atoms in total. The summed E-state index contributed by atoms with van der Waals surface area (Å²) in [4.78, 5) is 38.2. The lowest BCUT2D eigenvalue weighted by atomic mass is 10.1. The predicted molar refractivity (Wildman–Crippen MR) is 297 cm³/mol. The summed E-state index contributed by atoms with van der Waals surface area (Å²) in [6.07, 6.45) is 74.3. The topological polar surface area (TPSA) is 78.9 Å². The van der Waals surface area contributed by atoms with Gasteiger partial charge < -0.3 is 14.2 Å². The van der Waals surface area contributed by atoms with E-state index in [2.05, 4.69) is 106 Å². The first-order valence-electron chi connectivity index (χ1n) is 29.1. The molecule has 0 aromatic heterocycles. The molecular weight excluding hydrogens is 853 g/mol. The summed E-state index contributed by atoms with van der Waals surface area (Å²) >= 11 is 0. The summed E-state index contributed by atoms with van der Waals surface area (Å²) in [5.41, 5.74) is 0. The molecule has 0 aliphatic heterocycles. The molecule has 0 aromatic rings. The van der Waals surface area contributed by atoms with Crippen LogP contribution in [0.1, 0.15) is 278 Å². The molecule has 0 aliphatic rings. The van der Waals surface area contributed by atoms with Gasteiger partial charge in [-0.25, -0.2) is 0 Å². The average Bonchev–Trinajstić information content (AvgIpc) is 3.35. The molecule has 0 bridgehead atoms. The minimum absolute atomic E-state index is 0.0967. The molecule has 0 rings (SSSR count). The molecule has 69 heavy (non-hydrogen) atoms. The van der Waals surface area contributed by atoms with Crippen LogP contribution in [0.25, 0.3) is 0 Å². The number of hydrogen-bond acceptors (Lipinski definition) is 6. The maximum atomic E-state index is 12.9. The van der Waals surface area contributed by atoms with E-state index in [1.54, 1.807) is 0 Å². The van der Waals surface area contributed by atoms with Crippen LogP contribution in [0.4, 0.5) is 0 Å². The van der Waals surface area contributed by atoms with Gasteiger partial charge in [0.25, 0.3) is 0 Å². The van der Waals surface area contributed by atoms with Gasteiger partial charge in [-0.3, -0.25) is 14.4 Å². The van der Waals surface area contributed by atoms with Crippen molar-refractivity contribution in [2.24, 2.45) is 0 Å². The van der Waals surface area contributed by atoms with Gasteiger partial charge in [0.2, 0.25) is 0 Å². The van der Waals surface area contributed by atoms with E-state index < -0.39 is 6.10 Å². The summed E-state index contributed by atoms with van der Waals surface area (Å²) in [5, 5.41) is 0. The molecule has 0 unspecified atom stereocenters. The van der Waals surface area contributed by atoms with Gasteiger partial charge in [0.1, 0.15) is 13.2 Å². The van der Waals surface area contributed by atoms with Gasteiger partial charge in [-0.1, -0.05) is 234 Å². The van der Waals surface area contributed by atoms with Gasteiger partial charge in [-0.15, -0.1) is 0 Å². The van der Waals surface area contributed by atoms with Crippen molar-refractivity contribution in [3.05, 3.63) is 85.1 Å². The van der Waals surface area contributed by atoms with Gasteiger partial charge in [-0.05, 0) is 109 Å². The molecule has 0 aliphatic carbocycles. The highest BCUT2D eigenvalue weighted by Gasteiger charge is 2.19. The minimum Gasteiger partial charge on any atom is -0.462 e. The second-order valence-electron chi connectivity index (χ2n) is 19.2. The second-order valence-corrected chi connectivity index (χ2v) is 19.2. The van der Waals surface area contributed by atoms with Gasteiger partial charge in [0, 0.05) is 19.3 Å². The Bertz CT molecular complexity index is 1330. The third-order valence-electron chi connectivity index (χ3n) is 12.4. The van der Waals surface area contributed by atoms with Crippen LogP contribution in [-0.4, -0.2) is 37.2 Å². The molecule has 0 saturated carbocycles. The number of allylic oxidation sites excluding steroid dienone is 14. The van der Waals surface area contributed by atoms with E-state index >= 15 is 0 Å². The van der Waals surface area contributed by atoms with Crippen molar-refractivity contribution < 1.29 is 28.6 Å². The molecule has 0 fully saturated rings. The van der Waals surface area contributed by atoms with Crippen molar-refractivity contribution in [1.29, 1.82) is 0 Å². The predicted octanol–water partition coefficient (Wildman–Crippen LogP) is 19.5. The Labute approximate surface area is 426 Å². The summed E-state index contributed by atoms with van der Waals surface area (Å²) in [6.45, 7) is 6.47. The summed E-state index contributed by atoms with van der Waals surface area (Å²) in [5.74, 6) is -0.957. The number of ether oxygens (including phenoxy) is 3. The molecule has 0 spiro atoms. The van der Waals surface area contributed by atoms with Crippen LogP contribution in [0.3, 0.4) is 0 Å². The molecule has 0 radical (unpaired) electrons. The van der Waals surface area contributed by atoms with Crippen LogP contribution >= 0.6 is 0 Å². The maximum Gasteiger partial charge on any atom is 0.306 e. The summed E-state index contributed by atoms with van der Waals surface area (Å²) in [6, 6.07) is 0. The summed E-state index contributed by atoms with van der Waals surface area (Å²) in [7, 11) is 0. The van der Waals surface area contributed by atoms with Gasteiger partial charge in [0.15, 0.2) is 6.10 Å². The summed E-state index contributed by atoms with van der Waals surface area (Å²) < 4.78 is 16.8. The van der Waals surface area contributed by atoms with E-state index in [1.807, 2.05) is 0 Å². The molecule has 0 aromatic carbocycles. The molecule has 6 heteroatoms. The van der Waals surface area contributed by atoms with Crippen LogP contribution in [-0.2, 0) is 28.6 Å². The smallest absolute Gasteiger partial charge is 0.306 e. The fourth-order valence-electron chi connectivity index (χ4n) is 8.00. The monoisotopic (exact) mass is 961 g/mol. The zero-order valence-electron chi connectivity index (χ0n) is 45.3. The Morgan fingerprint density at radius 1 is 0.304 bits per heavy atom. The van der Waals surface area contributed by atoms with Crippen LogP contribution in [0.15, 0.2) is 85.1 Å².